The maximum absolute atomic E-state index is 14.7. The first-order chi connectivity index (χ1) is 40.0. The summed E-state index contributed by atoms with van der Waals surface area (Å²) in [6, 6.07) is 55.0. The number of rotatable bonds is 6. The van der Waals surface area contributed by atoms with Crippen LogP contribution in [0.15, 0.2) is 206 Å². The van der Waals surface area contributed by atoms with E-state index in [1.807, 2.05) is 60.7 Å². The van der Waals surface area contributed by atoms with Gasteiger partial charge >= 0.3 is 24.7 Å². The molecule has 0 radical (unpaired) electrons. The van der Waals surface area contributed by atoms with Crippen LogP contribution in [-0.2, 0) is 35.5 Å². The van der Waals surface area contributed by atoms with Crippen molar-refractivity contribution in [3.05, 3.63) is 262 Å². The van der Waals surface area contributed by atoms with Gasteiger partial charge in [0, 0.05) is 59.1 Å². The third-order valence-electron chi connectivity index (χ3n) is 16.6. The first-order valence-electron chi connectivity index (χ1n) is 26.4. The Labute approximate surface area is 479 Å². The Hall–Kier alpha value is -8.60. The molecule has 0 saturated heterocycles. The zero-order valence-corrected chi connectivity index (χ0v) is 45.5. The van der Waals surface area contributed by atoms with Crippen LogP contribution < -0.4 is 9.80 Å². The zero-order chi connectivity index (χ0) is 58.6. The standard InChI is InChI=1S/C68H40F12N2S2/c1-63(2)51-15-3-5-17-53(51)64(54-18-6-4-16-52(54)63)49-33-31-41(81(39-27-23-37(24-28-39)65(69,70)71)57-21-9-13-45-43-11-7-19-55(67(75,76)77)59(43)83-61(45)57)35-47(49)48-36-42(32-34-50(48)64)82(40-29-25-38(26-30-40)66(72,73)74)58-22-10-14-46-44-12-8-20-56(68(78,79)80)60(44)84-62(46)58/h3-36H,1-2H3. The van der Waals surface area contributed by atoms with Gasteiger partial charge in [-0.25, -0.2) is 0 Å². The fourth-order valence-corrected chi connectivity index (χ4v) is 15.7. The van der Waals surface area contributed by atoms with E-state index < -0.39 is 57.8 Å². The normalized spacial score (nSPS) is 14.5. The van der Waals surface area contributed by atoms with E-state index in [0.29, 0.717) is 64.8 Å². The van der Waals surface area contributed by atoms with E-state index in [1.165, 1.54) is 36.4 Å². The number of alkyl halides is 12. The number of thiophene rings is 2. The lowest BCUT2D eigenvalue weighted by Gasteiger charge is -2.46. The molecule has 1 spiro atoms. The Morgan fingerprint density at radius 3 is 1.00 bits per heavy atom. The summed E-state index contributed by atoms with van der Waals surface area (Å²) in [7, 11) is 0. The van der Waals surface area contributed by atoms with Crippen molar-refractivity contribution in [2.24, 2.45) is 0 Å². The molecule has 0 amide bonds. The Bertz CT molecular complexity index is 4370. The van der Waals surface area contributed by atoms with Crippen LogP contribution in [-0.4, -0.2) is 0 Å². The van der Waals surface area contributed by atoms with Crippen LogP contribution >= 0.6 is 22.7 Å². The number of anilines is 6. The van der Waals surface area contributed by atoms with Crippen LogP contribution in [0.3, 0.4) is 0 Å². The fourth-order valence-electron chi connectivity index (χ4n) is 13.0. The first-order valence-corrected chi connectivity index (χ1v) is 28.1. The van der Waals surface area contributed by atoms with E-state index in [1.54, 1.807) is 58.3 Å². The van der Waals surface area contributed by atoms with Gasteiger partial charge in [0.25, 0.3) is 0 Å². The SMILES string of the molecule is CC1(C)c2ccccc2C2(c3ccc(N(c4ccc(C(F)(F)F)cc4)c4cccc5c4sc4c(C(F)(F)F)cccc45)cc3-c3cc(N(c4ccc(C(F)(F)F)cc4)c4cccc5c4sc4c(C(F)(F)F)cccc45)ccc32)c2ccccc21. The van der Waals surface area contributed by atoms with E-state index in [9.17, 15) is 52.7 Å². The second-order valence-corrected chi connectivity index (χ2v) is 23.6. The third kappa shape index (κ3) is 7.99. The van der Waals surface area contributed by atoms with Crippen LogP contribution in [0.5, 0.6) is 0 Å². The molecule has 10 aromatic carbocycles. The lowest BCUT2D eigenvalue weighted by molar-refractivity contribution is -0.138. The molecule has 0 aliphatic heterocycles. The molecule has 84 heavy (non-hydrogen) atoms. The fraction of sp³-hybridized carbons (Fsp3) is 0.118. The molecule has 2 aliphatic rings. The minimum absolute atomic E-state index is 0.0144. The number of nitrogens with zero attached hydrogens (tertiary/aromatic N) is 2. The monoisotopic (exact) mass is 1180 g/mol. The molecule has 0 N–H and O–H groups in total. The van der Waals surface area contributed by atoms with Crippen LogP contribution in [0, 0.1) is 0 Å². The molecule has 2 aromatic heterocycles. The van der Waals surface area contributed by atoms with Gasteiger partial charge < -0.3 is 9.80 Å². The Kier molecular flexibility index (Phi) is 11.7. The quantitative estimate of drug-likeness (QED) is 0.153. The molecule has 2 nitrogen and oxygen atoms in total. The smallest absolute Gasteiger partial charge is 0.309 e. The average Bonchev–Trinajstić information content (AvgIpc) is 1.48. The second kappa shape index (κ2) is 18.4. The van der Waals surface area contributed by atoms with Gasteiger partial charge in [-0.05, 0) is 142 Å². The molecule has 0 saturated carbocycles. The van der Waals surface area contributed by atoms with Gasteiger partial charge in [0.1, 0.15) is 0 Å². The lowest BCUT2D eigenvalue weighted by Crippen LogP contribution is -2.40. The maximum Gasteiger partial charge on any atom is 0.417 e. The molecule has 2 heterocycles. The summed E-state index contributed by atoms with van der Waals surface area (Å²) in [5.41, 5.74) is 3.96. The number of halogens is 12. The first kappa shape index (κ1) is 53.4. The average molecular weight is 1180 g/mol. The highest BCUT2D eigenvalue weighted by Gasteiger charge is 2.54. The highest BCUT2D eigenvalue weighted by molar-refractivity contribution is 7.27. The third-order valence-corrected chi connectivity index (χ3v) is 19.2. The summed E-state index contributed by atoms with van der Waals surface area (Å²) >= 11 is 1.85. The van der Waals surface area contributed by atoms with Gasteiger partial charge in [-0.3, -0.25) is 0 Å². The van der Waals surface area contributed by atoms with Gasteiger partial charge in [-0.1, -0.05) is 123 Å². The Morgan fingerprint density at radius 2 is 0.643 bits per heavy atom. The van der Waals surface area contributed by atoms with Gasteiger partial charge in [0.15, 0.2) is 0 Å². The number of hydrogen-bond acceptors (Lipinski definition) is 4. The van der Waals surface area contributed by atoms with Crippen LogP contribution in [0.4, 0.5) is 86.8 Å². The van der Waals surface area contributed by atoms with Crippen molar-refractivity contribution in [1.82, 2.24) is 0 Å². The summed E-state index contributed by atoms with van der Waals surface area (Å²) in [5, 5.41) is 1.68. The van der Waals surface area contributed by atoms with E-state index in [-0.39, 0.29) is 20.8 Å². The molecular formula is C68H40F12N2S2. The van der Waals surface area contributed by atoms with E-state index in [2.05, 4.69) is 38.1 Å². The predicted octanol–water partition coefficient (Wildman–Crippen LogP) is 22.4. The summed E-state index contributed by atoms with van der Waals surface area (Å²) in [4.78, 5) is 3.47. The predicted molar refractivity (Wildman–Crippen MR) is 311 cm³/mol. The van der Waals surface area contributed by atoms with E-state index >= 15 is 0 Å². The number of benzene rings is 10. The summed E-state index contributed by atoms with van der Waals surface area (Å²) in [5.74, 6) is 0. The molecule has 14 rings (SSSR count). The second-order valence-electron chi connectivity index (χ2n) is 21.6. The molecule has 0 bridgehead atoms. The van der Waals surface area contributed by atoms with E-state index in [4.69, 9.17) is 0 Å². The minimum Gasteiger partial charge on any atom is -0.309 e. The molecular weight excluding hydrogens is 1140 g/mol. The largest absolute Gasteiger partial charge is 0.417 e. The van der Waals surface area contributed by atoms with Crippen LogP contribution in [0.1, 0.15) is 69.5 Å². The molecule has 0 fully saturated rings. The van der Waals surface area contributed by atoms with Crippen molar-refractivity contribution < 1.29 is 52.7 Å². The molecule has 2 aliphatic carbocycles. The number of hydrogen-bond donors (Lipinski definition) is 0. The molecule has 0 atom stereocenters. The van der Waals surface area contributed by atoms with Gasteiger partial charge in [-0.15, -0.1) is 22.7 Å². The minimum atomic E-state index is -4.70. The van der Waals surface area contributed by atoms with Crippen molar-refractivity contribution in [1.29, 1.82) is 0 Å². The summed E-state index contributed by atoms with van der Waals surface area (Å²) in [6.07, 6.45) is -18.8. The van der Waals surface area contributed by atoms with Crippen molar-refractivity contribution >= 4 is 97.1 Å². The van der Waals surface area contributed by atoms with Crippen LogP contribution in [0.25, 0.3) is 51.5 Å². The van der Waals surface area contributed by atoms with Crippen molar-refractivity contribution in [2.45, 2.75) is 49.4 Å². The molecule has 0 unspecified atom stereocenters. The highest BCUT2D eigenvalue weighted by Crippen LogP contribution is 2.64. The van der Waals surface area contributed by atoms with Gasteiger partial charge in [0.05, 0.1) is 48.4 Å². The zero-order valence-electron chi connectivity index (χ0n) is 43.9. The van der Waals surface area contributed by atoms with Crippen molar-refractivity contribution in [3.8, 4) is 11.1 Å². The topological polar surface area (TPSA) is 6.48 Å². The van der Waals surface area contributed by atoms with Crippen molar-refractivity contribution in [2.75, 3.05) is 9.80 Å². The maximum atomic E-state index is 14.7. The summed E-state index contributed by atoms with van der Waals surface area (Å²) < 4.78 is 175. The number of fused-ring (bicyclic) bond motifs is 15. The highest BCUT2D eigenvalue weighted by atomic mass is 32.1. The molecule has 418 valence electrons. The van der Waals surface area contributed by atoms with Crippen LogP contribution in [0.2, 0.25) is 0 Å². The summed E-state index contributed by atoms with van der Waals surface area (Å²) in [6.45, 7) is 4.31. The molecule has 16 heteroatoms. The van der Waals surface area contributed by atoms with Gasteiger partial charge in [-0.2, -0.15) is 52.7 Å². The Morgan fingerprint density at radius 1 is 0.310 bits per heavy atom. The lowest BCUT2D eigenvalue weighted by atomic mass is 9.55. The Balaban J connectivity index is 1.07. The van der Waals surface area contributed by atoms with E-state index in [0.717, 1.165) is 92.5 Å². The van der Waals surface area contributed by atoms with Gasteiger partial charge in [0.2, 0.25) is 0 Å². The molecule has 12 aromatic rings. The van der Waals surface area contributed by atoms with Crippen molar-refractivity contribution in [3.63, 3.8) is 0 Å².